The van der Waals surface area contributed by atoms with E-state index in [1.807, 2.05) is 67.6 Å². The standard InChI is InChI=1S/C31H38N2O5/c1-22(23-11-13-24(14-12-23)25-15-17-32(27(34)19-25)21-30(4,5)37)33-18-16-31(38-28(33)35,20-29(2,3)36)26-9-7-6-8-10-26/h6-15,17,19,22,36-37H,16,18,20-21H2,1-5H3/t22?,31-/m0/s1. The topological polar surface area (TPSA) is 92.0 Å². The summed E-state index contributed by atoms with van der Waals surface area (Å²) in [4.78, 5) is 27.6. The van der Waals surface area contributed by atoms with Crippen molar-refractivity contribution in [3.8, 4) is 11.1 Å². The number of carbonyl (C=O) groups is 1. The third-order valence-corrected chi connectivity index (χ3v) is 7.04. The number of pyridine rings is 1. The first-order valence-electron chi connectivity index (χ1n) is 13.1. The quantitative estimate of drug-likeness (QED) is 0.425. The van der Waals surface area contributed by atoms with E-state index in [-0.39, 0.29) is 18.1 Å². The Bertz CT molecular complexity index is 1320. The molecule has 1 unspecified atom stereocenters. The summed E-state index contributed by atoms with van der Waals surface area (Å²) in [5.41, 5.74) is 0.476. The van der Waals surface area contributed by atoms with Gasteiger partial charge in [0.15, 0.2) is 0 Å². The van der Waals surface area contributed by atoms with Gasteiger partial charge in [0.05, 0.1) is 23.8 Å². The summed E-state index contributed by atoms with van der Waals surface area (Å²) in [6.07, 6.45) is 2.16. The van der Waals surface area contributed by atoms with Gasteiger partial charge in [-0.3, -0.25) is 4.79 Å². The normalized spacial score (nSPS) is 19.2. The fraction of sp³-hybridized carbons (Fsp3) is 0.419. The first kappa shape index (κ1) is 27.6. The Kier molecular flexibility index (Phi) is 7.55. The lowest BCUT2D eigenvalue weighted by molar-refractivity contribution is -0.101. The van der Waals surface area contributed by atoms with Gasteiger partial charge in [-0.25, -0.2) is 4.79 Å². The van der Waals surface area contributed by atoms with Crippen LogP contribution < -0.4 is 5.56 Å². The van der Waals surface area contributed by atoms with Crippen LogP contribution in [0.5, 0.6) is 0 Å². The maximum Gasteiger partial charge on any atom is 0.411 e. The molecule has 0 bridgehead atoms. The Morgan fingerprint density at radius 2 is 1.58 bits per heavy atom. The highest BCUT2D eigenvalue weighted by molar-refractivity contribution is 5.70. The van der Waals surface area contributed by atoms with E-state index in [1.54, 1.807) is 44.9 Å². The van der Waals surface area contributed by atoms with Crippen molar-refractivity contribution in [1.29, 1.82) is 0 Å². The largest absolute Gasteiger partial charge is 0.438 e. The lowest BCUT2D eigenvalue weighted by Gasteiger charge is -2.45. The summed E-state index contributed by atoms with van der Waals surface area (Å²) in [5.74, 6) is 0. The molecule has 3 aromatic rings. The van der Waals surface area contributed by atoms with Gasteiger partial charge in [-0.05, 0) is 62.9 Å². The fourth-order valence-corrected chi connectivity index (χ4v) is 5.26. The van der Waals surface area contributed by atoms with Gasteiger partial charge in [0, 0.05) is 31.6 Å². The monoisotopic (exact) mass is 518 g/mol. The van der Waals surface area contributed by atoms with Crippen LogP contribution in [0.4, 0.5) is 4.79 Å². The number of nitrogens with zero attached hydrogens (tertiary/aromatic N) is 2. The Morgan fingerprint density at radius 1 is 0.921 bits per heavy atom. The first-order chi connectivity index (χ1) is 17.8. The maximum absolute atomic E-state index is 13.3. The highest BCUT2D eigenvalue weighted by atomic mass is 16.6. The van der Waals surface area contributed by atoms with Crippen molar-refractivity contribution in [2.45, 2.75) is 76.9 Å². The molecule has 2 atom stereocenters. The number of hydrogen-bond acceptors (Lipinski definition) is 5. The molecule has 1 fully saturated rings. The van der Waals surface area contributed by atoms with E-state index >= 15 is 0 Å². The van der Waals surface area contributed by atoms with Crippen LogP contribution in [0.15, 0.2) is 77.7 Å². The van der Waals surface area contributed by atoms with Gasteiger partial charge in [-0.2, -0.15) is 0 Å². The van der Waals surface area contributed by atoms with Crippen molar-refractivity contribution in [2.75, 3.05) is 6.54 Å². The van der Waals surface area contributed by atoms with E-state index in [2.05, 4.69) is 0 Å². The Labute approximate surface area is 224 Å². The van der Waals surface area contributed by atoms with Gasteiger partial charge in [0.2, 0.25) is 0 Å². The van der Waals surface area contributed by atoms with Crippen LogP contribution >= 0.6 is 0 Å². The van der Waals surface area contributed by atoms with Crippen molar-refractivity contribution < 1.29 is 19.7 Å². The molecule has 1 aliphatic rings. The molecule has 1 aromatic heterocycles. The lowest BCUT2D eigenvalue weighted by atomic mass is 9.80. The van der Waals surface area contributed by atoms with E-state index in [4.69, 9.17) is 4.74 Å². The molecule has 0 saturated carbocycles. The van der Waals surface area contributed by atoms with E-state index in [0.29, 0.717) is 19.4 Å². The minimum atomic E-state index is -1.01. The number of ether oxygens (including phenoxy) is 1. The molecule has 2 N–H and O–H groups in total. The van der Waals surface area contributed by atoms with Gasteiger partial charge < -0.3 is 24.4 Å². The number of aliphatic hydroxyl groups is 2. The summed E-state index contributed by atoms with van der Waals surface area (Å²) in [7, 11) is 0. The number of aromatic nitrogens is 1. The van der Waals surface area contributed by atoms with Crippen LogP contribution in [0.3, 0.4) is 0 Å². The summed E-state index contributed by atoms with van der Waals surface area (Å²) in [6, 6.07) is 20.7. The van der Waals surface area contributed by atoms with E-state index in [1.165, 1.54) is 4.57 Å². The number of carbonyl (C=O) groups excluding carboxylic acids is 1. The SMILES string of the molecule is CC(c1ccc(-c2ccn(CC(C)(C)O)c(=O)c2)cc1)N1CC[C@](CC(C)(C)O)(c2ccccc2)OC1=O. The van der Waals surface area contributed by atoms with Gasteiger partial charge in [0.25, 0.3) is 5.56 Å². The molecule has 0 spiro atoms. The summed E-state index contributed by atoms with van der Waals surface area (Å²) in [5, 5.41) is 20.6. The van der Waals surface area contributed by atoms with Crippen LogP contribution in [-0.4, -0.2) is 43.5 Å². The van der Waals surface area contributed by atoms with Crippen molar-refractivity contribution in [3.63, 3.8) is 0 Å². The lowest BCUT2D eigenvalue weighted by Crippen LogP contribution is -2.51. The second-order valence-corrected chi connectivity index (χ2v) is 11.7. The van der Waals surface area contributed by atoms with Crippen LogP contribution in [0.25, 0.3) is 11.1 Å². The van der Waals surface area contributed by atoms with Gasteiger partial charge in [-0.1, -0.05) is 54.6 Å². The zero-order valence-electron chi connectivity index (χ0n) is 22.8. The highest BCUT2D eigenvalue weighted by Crippen LogP contribution is 2.42. The molecule has 1 amide bonds. The van der Waals surface area contributed by atoms with Gasteiger partial charge in [-0.15, -0.1) is 0 Å². The van der Waals surface area contributed by atoms with E-state index in [9.17, 15) is 19.8 Å². The summed E-state index contributed by atoms with van der Waals surface area (Å²) >= 11 is 0. The first-order valence-corrected chi connectivity index (χ1v) is 13.1. The van der Waals surface area contributed by atoms with Crippen LogP contribution in [0.1, 0.15) is 64.6 Å². The molecule has 2 heterocycles. The zero-order valence-corrected chi connectivity index (χ0v) is 22.8. The molecule has 0 radical (unpaired) electrons. The molecule has 2 aromatic carbocycles. The number of hydrogen-bond donors (Lipinski definition) is 2. The predicted octanol–water partition coefficient (Wildman–Crippen LogP) is 5.25. The maximum atomic E-state index is 13.3. The minimum Gasteiger partial charge on any atom is -0.438 e. The smallest absolute Gasteiger partial charge is 0.411 e. The molecule has 7 nitrogen and oxygen atoms in total. The number of cyclic esters (lactones) is 1. The van der Waals surface area contributed by atoms with Crippen LogP contribution in [-0.2, 0) is 16.9 Å². The molecular formula is C31H38N2O5. The molecular weight excluding hydrogens is 480 g/mol. The minimum absolute atomic E-state index is 0.175. The fourth-order valence-electron chi connectivity index (χ4n) is 5.26. The molecule has 38 heavy (non-hydrogen) atoms. The average molecular weight is 519 g/mol. The average Bonchev–Trinajstić information content (AvgIpc) is 2.84. The Balaban J connectivity index is 1.50. The predicted molar refractivity (Wildman–Crippen MR) is 148 cm³/mol. The molecule has 0 aliphatic carbocycles. The van der Waals surface area contributed by atoms with E-state index < -0.39 is 22.9 Å². The highest BCUT2D eigenvalue weighted by Gasteiger charge is 2.46. The zero-order chi connectivity index (χ0) is 27.7. The number of benzene rings is 2. The third kappa shape index (κ3) is 6.34. The number of rotatable bonds is 8. The van der Waals surface area contributed by atoms with Crippen molar-refractivity contribution in [3.05, 3.63) is 94.4 Å². The summed E-state index contributed by atoms with van der Waals surface area (Å²) in [6.45, 7) is 9.48. The van der Waals surface area contributed by atoms with Crippen molar-refractivity contribution >= 4 is 6.09 Å². The van der Waals surface area contributed by atoms with Crippen LogP contribution in [0.2, 0.25) is 0 Å². The molecule has 202 valence electrons. The summed E-state index contributed by atoms with van der Waals surface area (Å²) < 4.78 is 7.61. The molecule has 7 heteroatoms. The second kappa shape index (κ2) is 10.4. The van der Waals surface area contributed by atoms with Crippen molar-refractivity contribution in [2.24, 2.45) is 0 Å². The van der Waals surface area contributed by atoms with Gasteiger partial charge >= 0.3 is 6.09 Å². The molecule has 1 saturated heterocycles. The van der Waals surface area contributed by atoms with Gasteiger partial charge in [0.1, 0.15) is 5.60 Å². The van der Waals surface area contributed by atoms with Crippen LogP contribution in [0, 0.1) is 0 Å². The number of amides is 1. The molecule has 1 aliphatic heterocycles. The second-order valence-electron chi connectivity index (χ2n) is 11.7. The van der Waals surface area contributed by atoms with E-state index in [0.717, 1.165) is 22.3 Å². The molecule has 4 rings (SSSR count). The third-order valence-electron chi connectivity index (χ3n) is 7.04. The Hall–Kier alpha value is -3.42. The van der Waals surface area contributed by atoms with Crippen molar-refractivity contribution in [1.82, 2.24) is 9.47 Å². The Morgan fingerprint density at radius 3 is 2.13 bits per heavy atom.